The number of benzene rings is 1. The molecule has 3 aromatic rings. The van der Waals surface area contributed by atoms with Gasteiger partial charge in [0.1, 0.15) is 12.4 Å². The normalized spacial score (nSPS) is 20.2. The third-order valence-corrected chi connectivity index (χ3v) is 6.88. The van der Waals surface area contributed by atoms with Gasteiger partial charge in [0.05, 0.1) is 31.3 Å². The van der Waals surface area contributed by atoms with Gasteiger partial charge in [-0.25, -0.2) is 4.98 Å². The van der Waals surface area contributed by atoms with Crippen LogP contribution in [0.15, 0.2) is 59.9 Å². The Morgan fingerprint density at radius 3 is 2.71 bits per heavy atom. The molecule has 2 aliphatic rings. The fourth-order valence-electron chi connectivity index (χ4n) is 5.08. The molecule has 0 spiro atoms. The number of ether oxygens (including phenoxy) is 1. The summed E-state index contributed by atoms with van der Waals surface area (Å²) in [4.78, 5) is 24.3. The minimum atomic E-state index is -0.0127. The van der Waals surface area contributed by atoms with Crippen LogP contribution in [0.3, 0.4) is 0 Å². The third kappa shape index (κ3) is 4.69. The smallest absolute Gasteiger partial charge is 0.231 e. The predicted molar refractivity (Wildman–Crippen MR) is 133 cm³/mol. The quantitative estimate of drug-likeness (QED) is 0.503. The van der Waals surface area contributed by atoms with Crippen LogP contribution in [0, 0.1) is 11.8 Å². The van der Waals surface area contributed by atoms with Crippen molar-refractivity contribution in [3.63, 3.8) is 0 Å². The number of aliphatic imine (C=N–C) groups is 1. The first-order valence-electron chi connectivity index (χ1n) is 12.1. The van der Waals surface area contributed by atoms with Gasteiger partial charge in [0.25, 0.3) is 0 Å². The van der Waals surface area contributed by atoms with Crippen molar-refractivity contribution >= 4 is 28.5 Å². The molecule has 0 bridgehead atoms. The number of rotatable bonds is 8. The molecule has 1 aliphatic heterocycles. The monoisotopic (exact) mass is 460 g/mol. The molecule has 0 unspecified atom stereocenters. The molecule has 3 heterocycles. The van der Waals surface area contributed by atoms with E-state index in [2.05, 4.69) is 15.3 Å². The number of amidine groups is 1. The highest BCUT2D eigenvalue weighted by molar-refractivity contribution is 6.03. The zero-order chi connectivity index (χ0) is 23.3. The number of hydrogen-bond acceptors (Lipinski definition) is 6. The van der Waals surface area contributed by atoms with Crippen molar-refractivity contribution in [2.45, 2.75) is 39.0 Å². The van der Waals surface area contributed by atoms with Crippen LogP contribution in [0.5, 0.6) is 0 Å². The van der Waals surface area contributed by atoms with Crippen LogP contribution < -0.4 is 16.0 Å². The molecule has 8 heteroatoms. The average molecular weight is 461 g/mol. The molecular weight excluding hydrogens is 428 g/mol. The Morgan fingerprint density at radius 1 is 1.15 bits per heavy atom. The molecular formula is C26H32N6O2. The summed E-state index contributed by atoms with van der Waals surface area (Å²) in [5, 5.41) is 4.30. The van der Waals surface area contributed by atoms with Crippen molar-refractivity contribution in [3.8, 4) is 0 Å². The van der Waals surface area contributed by atoms with Gasteiger partial charge in [0.15, 0.2) is 0 Å². The molecule has 3 N–H and O–H groups in total. The average Bonchev–Trinajstić information content (AvgIpc) is 3.56. The lowest BCUT2D eigenvalue weighted by molar-refractivity contribution is -0.123. The number of amides is 1. The maximum atomic E-state index is 13.5. The van der Waals surface area contributed by atoms with Gasteiger partial charge in [0.2, 0.25) is 5.91 Å². The van der Waals surface area contributed by atoms with E-state index in [1.165, 1.54) is 0 Å². The lowest BCUT2D eigenvalue weighted by Gasteiger charge is -2.32. The number of hydrogen-bond donors (Lipinski definition) is 2. The van der Waals surface area contributed by atoms with E-state index in [9.17, 15) is 4.79 Å². The molecule has 5 rings (SSSR count). The second kappa shape index (κ2) is 10.4. The topological polar surface area (TPSA) is 97.8 Å². The number of carbonyl (C=O) groups excluding carboxylic acids is 1. The Kier molecular flexibility index (Phi) is 6.87. The minimum absolute atomic E-state index is 0.0127. The second-order valence-corrected chi connectivity index (χ2v) is 9.01. The summed E-state index contributed by atoms with van der Waals surface area (Å²) in [7, 11) is 0. The number of fused-ring (bicyclic) bond motifs is 1. The zero-order valence-electron chi connectivity index (χ0n) is 19.4. The van der Waals surface area contributed by atoms with Gasteiger partial charge in [-0.15, -0.1) is 0 Å². The number of nitrogens with one attached hydrogen (secondary N) is 1. The number of aromatic nitrogens is 2. The van der Waals surface area contributed by atoms with Gasteiger partial charge in [-0.2, -0.15) is 0 Å². The van der Waals surface area contributed by atoms with Crippen LogP contribution in [-0.4, -0.2) is 41.1 Å². The molecule has 1 saturated carbocycles. The van der Waals surface area contributed by atoms with E-state index < -0.39 is 0 Å². The molecule has 8 nitrogen and oxygen atoms in total. The van der Waals surface area contributed by atoms with Crippen LogP contribution in [0.2, 0.25) is 0 Å². The van der Waals surface area contributed by atoms with E-state index in [-0.39, 0.29) is 18.5 Å². The summed E-state index contributed by atoms with van der Waals surface area (Å²) < 4.78 is 7.86. The minimum Gasteiger partial charge on any atom is -0.372 e. The van der Waals surface area contributed by atoms with Crippen molar-refractivity contribution in [2.24, 2.45) is 22.6 Å². The molecule has 0 atom stereocenters. The van der Waals surface area contributed by atoms with Gasteiger partial charge in [0, 0.05) is 36.2 Å². The Bertz CT molecular complexity index is 1150. The lowest BCUT2D eigenvalue weighted by atomic mass is 9.80. The van der Waals surface area contributed by atoms with E-state index in [1.807, 2.05) is 53.2 Å². The summed E-state index contributed by atoms with van der Waals surface area (Å²) in [5.74, 6) is 1.67. The van der Waals surface area contributed by atoms with Crippen molar-refractivity contribution in [3.05, 3.63) is 60.4 Å². The fraction of sp³-hybridized carbons (Fsp3) is 0.423. The predicted octanol–water partition coefficient (Wildman–Crippen LogP) is 3.27. The highest BCUT2D eigenvalue weighted by atomic mass is 16.5. The number of nitrogens with two attached hydrogens (primary N) is 1. The van der Waals surface area contributed by atoms with E-state index in [0.29, 0.717) is 19.3 Å². The first-order valence-corrected chi connectivity index (χ1v) is 12.1. The molecule has 1 aliphatic carbocycles. The summed E-state index contributed by atoms with van der Waals surface area (Å²) in [6.45, 7) is 2.85. The Hall–Kier alpha value is -3.23. The molecule has 1 fully saturated rings. The summed E-state index contributed by atoms with van der Waals surface area (Å²) >= 11 is 0. The number of nitrogens with zero attached hydrogens (tertiary/aromatic N) is 4. The van der Waals surface area contributed by atoms with Crippen LogP contribution in [0.1, 0.15) is 31.2 Å². The molecule has 0 saturated heterocycles. The van der Waals surface area contributed by atoms with E-state index >= 15 is 0 Å². The molecule has 1 aromatic carbocycles. The highest BCUT2D eigenvalue weighted by Gasteiger charge is 2.32. The number of pyridine rings is 1. The van der Waals surface area contributed by atoms with Crippen molar-refractivity contribution < 1.29 is 9.53 Å². The first-order chi connectivity index (χ1) is 16.7. The molecule has 0 radical (unpaired) electrons. The number of carbonyl (C=O) groups is 1. The molecule has 2 aromatic heterocycles. The molecule has 1 amide bonds. The van der Waals surface area contributed by atoms with Crippen LogP contribution >= 0.6 is 0 Å². The Balaban J connectivity index is 1.27. The van der Waals surface area contributed by atoms with Gasteiger partial charge >= 0.3 is 0 Å². The molecule has 34 heavy (non-hydrogen) atoms. The maximum Gasteiger partial charge on any atom is 0.231 e. The Morgan fingerprint density at radius 2 is 1.97 bits per heavy atom. The largest absolute Gasteiger partial charge is 0.372 e. The van der Waals surface area contributed by atoms with Gasteiger partial charge in [-0.1, -0.05) is 30.3 Å². The van der Waals surface area contributed by atoms with Crippen molar-refractivity contribution in [1.29, 1.82) is 0 Å². The lowest BCUT2D eigenvalue weighted by Crippen LogP contribution is -2.42. The van der Waals surface area contributed by atoms with Crippen LogP contribution in [-0.2, 0) is 22.9 Å². The standard InChI is InChI=1S/C26H32N6O2/c27-17-32(26(33)21-8-6-20(7-9-21)24-28-13-14-29-24)23-10-12-30-25-22(23)11-15-31(25)18-34-16-19-4-2-1-3-5-19/h1-5,10-12,15,20-21H,6-9,13-14,16-18,27H2,(H,28,29). The van der Waals surface area contributed by atoms with E-state index in [0.717, 1.165) is 66.9 Å². The fourth-order valence-corrected chi connectivity index (χ4v) is 5.08. The van der Waals surface area contributed by atoms with Gasteiger partial charge < -0.3 is 20.4 Å². The van der Waals surface area contributed by atoms with Gasteiger partial charge in [-0.05, 0) is 43.4 Å². The second-order valence-electron chi connectivity index (χ2n) is 9.01. The highest BCUT2D eigenvalue weighted by Crippen LogP contribution is 2.33. The van der Waals surface area contributed by atoms with Crippen molar-refractivity contribution in [2.75, 3.05) is 24.7 Å². The van der Waals surface area contributed by atoms with Crippen LogP contribution in [0.4, 0.5) is 5.69 Å². The van der Waals surface area contributed by atoms with E-state index in [4.69, 9.17) is 10.5 Å². The zero-order valence-corrected chi connectivity index (χ0v) is 19.4. The first kappa shape index (κ1) is 22.6. The van der Waals surface area contributed by atoms with Crippen molar-refractivity contribution in [1.82, 2.24) is 14.9 Å². The summed E-state index contributed by atoms with van der Waals surface area (Å²) in [5.41, 5.74) is 8.82. The van der Waals surface area contributed by atoms with Gasteiger partial charge in [-0.3, -0.25) is 14.7 Å². The number of anilines is 1. The Labute approximate surface area is 199 Å². The maximum absolute atomic E-state index is 13.5. The summed E-state index contributed by atoms with van der Waals surface area (Å²) in [6.07, 6.45) is 7.39. The summed E-state index contributed by atoms with van der Waals surface area (Å²) in [6, 6.07) is 13.9. The molecule has 178 valence electrons. The third-order valence-electron chi connectivity index (χ3n) is 6.88. The SMILES string of the molecule is NCN(C(=O)C1CCC(C2=NCCN2)CC1)c1ccnc2c1ccn2COCc1ccccc1. The van der Waals surface area contributed by atoms with E-state index in [1.54, 1.807) is 11.1 Å². The van der Waals surface area contributed by atoms with Crippen LogP contribution in [0.25, 0.3) is 11.0 Å².